The third-order valence-corrected chi connectivity index (χ3v) is 7.77. The SMILES string of the molecule is CCOc1ccc(N(CCCC(=O)N(Cc2ccc(C)cc2)[C@@H](Cc2ccccc2)C(=O)NC)S(C)(=O)=O)cc1. The molecule has 0 saturated heterocycles. The van der Waals surface area contributed by atoms with Gasteiger partial charge in [0.15, 0.2) is 0 Å². The maximum absolute atomic E-state index is 13.7. The van der Waals surface area contributed by atoms with E-state index < -0.39 is 16.1 Å². The maximum Gasteiger partial charge on any atom is 0.242 e. The third kappa shape index (κ3) is 8.84. The Hall–Kier alpha value is -3.85. The molecule has 3 aromatic carbocycles. The Kier molecular flexibility index (Phi) is 11.1. The highest BCUT2D eigenvalue weighted by Crippen LogP contribution is 2.23. The van der Waals surface area contributed by atoms with Gasteiger partial charge in [0, 0.05) is 33.0 Å². The molecule has 0 bridgehead atoms. The molecule has 0 unspecified atom stereocenters. The number of hydrogen-bond donors (Lipinski definition) is 1. The van der Waals surface area contributed by atoms with Gasteiger partial charge in [-0.15, -0.1) is 0 Å². The first-order chi connectivity index (χ1) is 19.1. The van der Waals surface area contributed by atoms with Gasteiger partial charge in [0.05, 0.1) is 18.6 Å². The van der Waals surface area contributed by atoms with Crippen LogP contribution in [0.2, 0.25) is 0 Å². The number of anilines is 1. The largest absolute Gasteiger partial charge is 0.494 e. The molecule has 0 aliphatic rings. The fraction of sp³-hybridized carbons (Fsp3) is 0.355. The van der Waals surface area contributed by atoms with Crippen molar-refractivity contribution in [2.75, 3.05) is 30.8 Å². The number of rotatable bonds is 14. The van der Waals surface area contributed by atoms with Crippen molar-refractivity contribution in [3.63, 3.8) is 0 Å². The maximum atomic E-state index is 13.7. The van der Waals surface area contributed by atoms with Crippen molar-refractivity contribution in [1.29, 1.82) is 0 Å². The van der Waals surface area contributed by atoms with Crippen molar-refractivity contribution in [2.45, 2.75) is 45.7 Å². The zero-order chi connectivity index (χ0) is 29.1. The van der Waals surface area contributed by atoms with E-state index in [2.05, 4.69) is 5.32 Å². The van der Waals surface area contributed by atoms with Crippen LogP contribution in [0.25, 0.3) is 0 Å². The number of ether oxygens (including phenoxy) is 1. The zero-order valence-corrected chi connectivity index (χ0v) is 24.5. The van der Waals surface area contributed by atoms with Crippen LogP contribution in [0.3, 0.4) is 0 Å². The van der Waals surface area contributed by atoms with Gasteiger partial charge < -0.3 is 15.0 Å². The molecule has 8 nitrogen and oxygen atoms in total. The fourth-order valence-corrected chi connectivity index (χ4v) is 5.46. The predicted molar refractivity (Wildman–Crippen MR) is 159 cm³/mol. The van der Waals surface area contributed by atoms with Gasteiger partial charge in [-0.3, -0.25) is 13.9 Å². The monoisotopic (exact) mass is 565 g/mol. The van der Waals surface area contributed by atoms with E-state index in [4.69, 9.17) is 4.74 Å². The van der Waals surface area contributed by atoms with Crippen LogP contribution in [0.5, 0.6) is 5.75 Å². The lowest BCUT2D eigenvalue weighted by atomic mass is 10.0. The Bertz CT molecular complexity index is 1340. The standard InChI is InChI=1S/C31H39N3O5S/c1-5-39-28-19-17-27(18-20-28)34(40(4,37)38)21-9-12-30(35)33(23-26-15-13-24(2)14-16-26)29(31(36)32-3)22-25-10-7-6-8-11-25/h6-8,10-11,13-20,29H,5,9,12,21-23H2,1-4H3,(H,32,36)/t29-/m0/s1. The molecule has 3 rings (SSSR count). The number of nitrogens with zero attached hydrogens (tertiary/aromatic N) is 2. The zero-order valence-electron chi connectivity index (χ0n) is 23.7. The highest BCUT2D eigenvalue weighted by atomic mass is 32.2. The number of carbonyl (C=O) groups is 2. The summed E-state index contributed by atoms with van der Waals surface area (Å²) in [4.78, 5) is 28.4. The van der Waals surface area contributed by atoms with E-state index in [1.807, 2.05) is 68.4 Å². The van der Waals surface area contributed by atoms with Gasteiger partial charge >= 0.3 is 0 Å². The molecule has 0 spiro atoms. The van der Waals surface area contributed by atoms with Crippen LogP contribution >= 0.6 is 0 Å². The predicted octanol–water partition coefficient (Wildman–Crippen LogP) is 4.33. The average Bonchev–Trinajstić information content (AvgIpc) is 2.94. The Balaban J connectivity index is 1.81. The highest BCUT2D eigenvalue weighted by molar-refractivity contribution is 7.92. The number of likely N-dealkylation sites (N-methyl/N-ethyl adjacent to an activating group) is 1. The lowest BCUT2D eigenvalue weighted by molar-refractivity contribution is -0.141. The summed E-state index contributed by atoms with van der Waals surface area (Å²) in [6.45, 7) is 4.77. The molecule has 0 heterocycles. The number of hydrogen-bond acceptors (Lipinski definition) is 5. The van der Waals surface area contributed by atoms with E-state index >= 15 is 0 Å². The molecule has 1 N–H and O–H groups in total. The Morgan fingerprint density at radius 3 is 2.15 bits per heavy atom. The van der Waals surface area contributed by atoms with Gasteiger partial charge in [-0.25, -0.2) is 8.42 Å². The quantitative estimate of drug-likeness (QED) is 0.314. The Morgan fingerprint density at radius 2 is 1.57 bits per heavy atom. The molecule has 0 radical (unpaired) electrons. The topological polar surface area (TPSA) is 96.0 Å². The molecule has 0 aromatic heterocycles. The Morgan fingerprint density at radius 1 is 0.925 bits per heavy atom. The third-order valence-electron chi connectivity index (χ3n) is 6.58. The number of sulfonamides is 1. The van der Waals surface area contributed by atoms with E-state index in [9.17, 15) is 18.0 Å². The van der Waals surface area contributed by atoms with E-state index in [-0.39, 0.29) is 37.7 Å². The highest BCUT2D eigenvalue weighted by Gasteiger charge is 2.30. The average molecular weight is 566 g/mol. The van der Waals surface area contributed by atoms with Gasteiger partial charge in [-0.05, 0) is 55.7 Å². The molecule has 2 amide bonds. The molecule has 9 heteroatoms. The van der Waals surface area contributed by atoms with Crippen LogP contribution in [0.15, 0.2) is 78.9 Å². The minimum absolute atomic E-state index is 0.0806. The van der Waals surface area contributed by atoms with Gasteiger partial charge in [-0.1, -0.05) is 60.2 Å². The van der Waals surface area contributed by atoms with Crippen LogP contribution in [0.1, 0.15) is 36.5 Å². The molecular formula is C31H39N3O5S. The summed E-state index contributed by atoms with van der Waals surface area (Å²) in [6.07, 6.45) is 1.88. The van der Waals surface area contributed by atoms with Crippen LogP contribution in [-0.2, 0) is 32.6 Å². The minimum Gasteiger partial charge on any atom is -0.494 e. The van der Waals surface area contributed by atoms with Crippen LogP contribution in [0, 0.1) is 6.92 Å². The molecule has 0 fully saturated rings. The molecule has 0 aliphatic heterocycles. The summed E-state index contributed by atoms with van der Waals surface area (Å²) in [6, 6.07) is 23.6. The van der Waals surface area contributed by atoms with E-state index in [1.165, 1.54) is 4.31 Å². The molecular weight excluding hydrogens is 526 g/mol. The van der Waals surface area contributed by atoms with Crippen molar-refractivity contribution in [3.05, 3.63) is 95.6 Å². The molecule has 0 saturated carbocycles. The number of amides is 2. The van der Waals surface area contributed by atoms with Gasteiger partial charge in [0.25, 0.3) is 0 Å². The molecule has 214 valence electrons. The van der Waals surface area contributed by atoms with Crippen molar-refractivity contribution in [1.82, 2.24) is 10.2 Å². The van der Waals surface area contributed by atoms with Crippen LogP contribution < -0.4 is 14.4 Å². The lowest BCUT2D eigenvalue weighted by Crippen LogP contribution is -2.49. The summed E-state index contributed by atoms with van der Waals surface area (Å²) < 4.78 is 32.0. The summed E-state index contributed by atoms with van der Waals surface area (Å²) in [7, 11) is -2.02. The van der Waals surface area contributed by atoms with Crippen LogP contribution in [-0.4, -0.2) is 57.6 Å². The normalized spacial score (nSPS) is 11.9. The van der Waals surface area contributed by atoms with Gasteiger partial charge in [0.2, 0.25) is 21.8 Å². The van der Waals surface area contributed by atoms with E-state index in [1.54, 1.807) is 36.2 Å². The van der Waals surface area contributed by atoms with Crippen molar-refractivity contribution in [2.24, 2.45) is 0 Å². The van der Waals surface area contributed by atoms with Gasteiger partial charge in [0.1, 0.15) is 11.8 Å². The second-order valence-corrected chi connectivity index (χ2v) is 11.6. The lowest BCUT2D eigenvalue weighted by Gasteiger charge is -2.31. The first kappa shape index (κ1) is 30.7. The summed E-state index contributed by atoms with van der Waals surface area (Å²) >= 11 is 0. The first-order valence-corrected chi connectivity index (χ1v) is 15.3. The molecule has 1 atom stereocenters. The fourth-order valence-electron chi connectivity index (χ4n) is 4.49. The second kappa shape index (κ2) is 14.5. The van der Waals surface area contributed by atoms with E-state index in [0.717, 1.165) is 22.9 Å². The Labute approximate surface area is 238 Å². The number of carbonyl (C=O) groups excluding carboxylic acids is 2. The minimum atomic E-state index is -3.58. The second-order valence-electron chi connectivity index (χ2n) is 9.69. The molecule has 3 aromatic rings. The molecule has 40 heavy (non-hydrogen) atoms. The van der Waals surface area contributed by atoms with Crippen molar-refractivity contribution >= 4 is 27.5 Å². The van der Waals surface area contributed by atoms with Crippen LogP contribution in [0.4, 0.5) is 5.69 Å². The van der Waals surface area contributed by atoms with Gasteiger partial charge in [-0.2, -0.15) is 0 Å². The number of aryl methyl sites for hydroxylation is 1. The van der Waals surface area contributed by atoms with Crippen molar-refractivity contribution < 1.29 is 22.7 Å². The number of benzene rings is 3. The summed E-state index contributed by atoms with van der Waals surface area (Å²) in [5.74, 6) is 0.182. The van der Waals surface area contributed by atoms with Crippen molar-refractivity contribution in [3.8, 4) is 5.75 Å². The first-order valence-electron chi connectivity index (χ1n) is 13.4. The molecule has 0 aliphatic carbocycles. The summed E-state index contributed by atoms with van der Waals surface area (Å²) in [5.41, 5.74) is 3.45. The smallest absolute Gasteiger partial charge is 0.242 e. The van der Waals surface area contributed by atoms with E-state index in [0.29, 0.717) is 24.5 Å². The summed E-state index contributed by atoms with van der Waals surface area (Å²) in [5, 5.41) is 2.71. The number of nitrogens with one attached hydrogen (secondary N) is 1.